The predicted molar refractivity (Wildman–Crippen MR) is 93.0 cm³/mol. The van der Waals surface area contributed by atoms with Gasteiger partial charge in [-0.1, -0.05) is 24.3 Å². The molecule has 5 heteroatoms. The van der Waals surface area contributed by atoms with E-state index in [-0.39, 0.29) is 24.3 Å². The summed E-state index contributed by atoms with van der Waals surface area (Å²) in [4.78, 5) is 30.1. The first-order chi connectivity index (χ1) is 11.6. The Balaban J connectivity index is 1.83. The molecular formula is C19H19N3O2. The molecule has 1 unspecified atom stereocenters. The third kappa shape index (κ3) is 3.20. The summed E-state index contributed by atoms with van der Waals surface area (Å²) >= 11 is 0. The molecule has 1 aromatic heterocycles. The minimum absolute atomic E-state index is 0.0869. The molecule has 5 nitrogen and oxygen atoms in total. The van der Waals surface area contributed by atoms with Crippen LogP contribution in [0.25, 0.3) is 6.08 Å². The van der Waals surface area contributed by atoms with Crippen molar-refractivity contribution >= 4 is 23.6 Å². The molecule has 0 radical (unpaired) electrons. The van der Waals surface area contributed by atoms with Crippen LogP contribution in [0.2, 0.25) is 0 Å². The van der Waals surface area contributed by atoms with Crippen LogP contribution in [-0.2, 0) is 9.59 Å². The first-order valence-electron chi connectivity index (χ1n) is 7.83. The van der Waals surface area contributed by atoms with Crippen LogP contribution >= 0.6 is 0 Å². The molecule has 1 atom stereocenters. The number of nitrogens with zero attached hydrogens (tertiary/aromatic N) is 2. The summed E-state index contributed by atoms with van der Waals surface area (Å²) in [5, 5.41) is 2.88. The number of aryl methyl sites for hydroxylation is 1. The van der Waals surface area contributed by atoms with Crippen LogP contribution in [0.5, 0.6) is 0 Å². The van der Waals surface area contributed by atoms with E-state index >= 15 is 0 Å². The molecule has 1 aliphatic rings. The summed E-state index contributed by atoms with van der Waals surface area (Å²) in [6, 6.07) is 9.35. The van der Waals surface area contributed by atoms with Crippen molar-refractivity contribution in [1.82, 2.24) is 9.88 Å². The molecule has 0 aliphatic carbocycles. The number of hydrogen-bond donors (Lipinski definition) is 1. The summed E-state index contributed by atoms with van der Waals surface area (Å²) in [7, 11) is 0. The van der Waals surface area contributed by atoms with Crippen molar-refractivity contribution in [2.75, 3.05) is 5.32 Å². The zero-order valence-electron chi connectivity index (χ0n) is 13.7. The number of hydrogen-bond acceptors (Lipinski definition) is 3. The third-order valence-corrected chi connectivity index (χ3v) is 4.16. The van der Waals surface area contributed by atoms with E-state index in [0.717, 1.165) is 16.7 Å². The maximum atomic E-state index is 12.5. The lowest BCUT2D eigenvalue weighted by molar-refractivity contribution is -0.129. The van der Waals surface area contributed by atoms with Gasteiger partial charge in [0.05, 0.1) is 24.3 Å². The van der Waals surface area contributed by atoms with E-state index < -0.39 is 0 Å². The molecule has 1 aromatic carbocycles. The molecule has 1 N–H and O–H groups in total. The highest BCUT2D eigenvalue weighted by Gasteiger charge is 2.28. The van der Waals surface area contributed by atoms with Crippen molar-refractivity contribution in [3.63, 3.8) is 0 Å². The molecule has 122 valence electrons. The molecule has 2 aromatic rings. The number of benzene rings is 1. The van der Waals surface area contributed by atoms with E-state index in [1.807, 2.05) is 43.3 Å². The molecular weight excluding hydrogens is 302 g/mol. The van der Waals surface area contributed by atoms with E-state index in [9.17, 15) is 9.59 Å². The lowest BCUT2D eigenvalue weighted by atomic mass is 9.93. The molecule has 0 saturated carbocycles. The van der Waals surface area contributed by atoms with Gasteiger partial charge < -0.3 is 10.2 Å². The number of anilines is 1. The smallest absolute Gasteiger partial charge is 0.226 e. The van der Waals surface area contributed by atoms with Gasteiger partial charge in [-0.25, -0.2) is 0 Å². The molecule has 0 bridgehead atoms. The summed E-state index contributed by atoms with van der Waals surface area (Å²) in [5.74, 6) is -0.233. The van der Waals surface area contributed by atoms with Crippen LogP contribution in [0, 0.1) is 6.92 Å². The monoisotopic (exact) mass is 321 g/mol. The van der Waals surface area contributed by atoms with Crippen LogP contribution in [0.3, 0.4) is 0 Å². The Hall–Kier alpha value is -2.95. The average Bonchev–Trinajstić information content (AvgIpc) is 2.57. The van der Waals surface area contributed by atoms with E-state index in [2.05, 4.69) is 10.3 Å². The van der Waals surface area contributed by atoms with Gasteiger partial charge in [-0.3, -0.25) is 14.6 Å². The Morgan fingerprint density at radius 2 is 2.04 bits per heavy atom. The standard InChI is InChI=1S/C19H19N3O2/c1-13-7-9-20-12-17(13)21-19(24)11-18-16-6-4-3-5-15(16)8-10-22(18)14(2)23/h3-10,12,18H,11H2,1-2H3,(H,21,24). The normalized spacial score (nSPS) is 15.8. The van der Waals surface area contributed by atoms with Crippen molar-refractivity contribution < 1.29 is 9.59 Å². The zero-order valence-corrected chi connectivity index (χ0v) is 13.7. The summed E-state index contributed by atoms with van der Waals surface area (Å²) < 4.78 is 0. The molecule has 24 heavy (non-hydrogen) atoms. The van der Waals surface area contributed by atoms with Gasteiger partial charge in [-0.15, -0.1) is 0 Å². The average molecular weight is 321 g/mol. The van der Waals surface area contributed by atoms with Crippen molar-refractivity contribution in [1.29, 1.82) is 0 Å². The largest absolute Gasteiger partial charge is 0.324 e. The summed E-state index contributed by atoms with van der Waals surface area (Å²) in [6.45, 7) is 3.42. The number of aromatic nitrogens is 1. The second kappa shape index (κ2) is 6.66. The Bertz CT molecular complexity index is 814. The van der Waals surface area contributed by atoms with Gasteiger partial charge in [0.2, 0.25) is 11.8 Å². The maximum absolute atomic E-state index is 12.5. The van der Waals surface area contributed by atoms with Crippen LogP contribution < -0.4 is 5.32 Å². The Morgan fingerprint density at radius 1 is 1.25 bits per heavy atom. The SMILES string of the molecule is CC(=O)N1C=Cc2ccccc2C1CC(=O)Nc1cnccc1C. The fourth-order valence-electron chi connectivity index (χ4n) is 2.88. The van der Waals surface area contributed by atoms with Gasteiger partial charge in [0, 0.05) is 19.3 Å². The van der Waals surface area contributed by atoms with E-state index in [0.29, 0.717) is 5.69 Å². The van der Waals surface area contributed by atoms with Crippen LogP contribution in [0.1, 0.15) is 36.1 Å². The number of amides is 2. The first-order valence-corrected chi connectivity index (χ1v) is 7.83. The zero-order chi connectivity index (χ0) is 17.1. The van der Waals surface area contributed by atoms with Crippen molar-refractivity contribution in [2.24, 2.45) is 0 Å². The lowest BCUT2D eigenvalue weighted by Gasteiger charge is -2.32. The second-order valence-corrected chi connectivity index (χ2v) is 5.83. The van der Waals surface area contributed by atoms with Crippen LogP contribution in [0.4, 0.5) is 5.69 Å². The van der Waals surface area contributed by atoms with Crippen molar-refractivity contribution in [3.8, 4) is 0 Å². The number of rotatable bonds is 3. The topological polar surface area (TPSA) is 62.3 Å². The van der Waals surface area contributed by atoms with Crippen LogP contribution in [0.15, 0.2) is 48.9 Å². The minimum Gasteiger partial charge on any atom is -0.324 e. The summed E-state index contributed by atoms with van der Waals surface area (Å²) in [6.07, 6.45) is 7.15. The molecule has 0 spiro atoms. The van der Waals surface area contributed by atoms with E-state index in [1.54, 1.807) is 23.5 Å². The highest BCUT2D eigenvalue weighted by atomic mass is 16.2. The molecule has 2 heterocycles. The number of carbonyl (C=O) groups is 2. The maximum Gasteiger partial charge on any atom is 0.226 e. The molecule has 1 aliphatic heterocycles. The van der Waals surface area contributed by atoms with Crippen LogP contribution in [-0.4, -0.2) is 21.7 Å². The molecule has 3 rings (SSSR count). The van der Waals surface area contributed by atoms with Gasteiger partial charge in [-0.05, 0) is 35.8 Å². The highest BCUT2D eigenvalue weighted by Crippen LogP contribution is 2.33. The van der Waals surface area contributed by atoms with Gasteiger partial charge in [0.25, 0.3) is 0 Å². The molecule has 0 fully saturated rings. The summed E-state index contributed by atoms with van der Waals surface area (Å²) in [5.41, 5.74) is 3.65. The minimum atomic E-state index is -0.305. The highest BCUT2D eigenvalue weighted by molar-refractivity contribution is 5.92. The lowest BCUT2D eigenvalue weighted by Crippen LogP contribution is -2.33. The third-order valence-electron chi connectivity index (χ3n) is 4.16. The Labute approximate surface area is 141 Å². The van der Waals surface area contributed by atoms with E-state index in [4.69, 9.17) is 0 Å². The quantitative estimate of drug-likeness (QED) is 0.943. The number of pyridine rings is 1. The van der Waals surface area contributed by atoms with Gasteiger partial charge in [0.1, 0.15) is 0 Å². The Morgan fingerprint density at radius 3 is 2.79 bits per heavy atom. The number of nitrogens with one attached hydrogen (secondary N) is 1. The van der Waals surface area contributed by atoms with E-state index in [1.165, 1.54) is 6.92 Å². The van der Waals surface area contributed by atoms with Crippen molar-refractivity contribution in [2.45, 2.75) is 26.3 Å². The Kier molecular flexibility index (Phi) is 4.42. The fraction of sp³-hybridized carbons (Fsp3) is 0.211. The number of carbonyl (C=O) groups excluding carboxylic acids is 2. The number of fused-ring (bicyclic) bond motifs is 1. The van der Waals surface area contributed by atoms with Gasteiger partial charge in [-0.2, -0.15) is 0 Å². The van der Waals surface area contributed by atoms with Crippen molar-refractivity contribution in [3.05, 3.63) is 65.6 Å². The molecule has 0 saturated heterocycles. The van der Waals surface area contributed by atoms with Gasteiger partial charge >= 0.3 is 0 Å². The second-order valence-electron chi connectivity index (χ2n) is 5.83. The fourth-order valence-corrected chi connectivity index (χ4v) is 2.88. The van der Waals surface area contributed by atoms with Gasteiger partial charge in [0.15, 0.2) is 0 Å². The molecule has 2 amide bonds. The first kappa shape index (κ1) is 15.9. The predicted octanol–water partition coefficient (Wildman–Crippen LogP) is 3.29.